The van der Waals surface area contributed by atoms with Gasteiger partial charge in [0.15, 0.2) is 4.73 Å². The molecule has 0 radical (unpaired) electrons. The number of hydrogen-bond donors (Lipinski definition) is 2. The van der Waals surface area contributed by atoms with E-state index < -0.39 is 0 Å². The number of nitrogens with one attached hydrogen (secondary N) is 1. The lowest BCUT2D eigenvalue weighted by atomic mass is 10.2. The monoisotopic (exact) mass is 240 g/mol. The quantitative estimate of drug-likeness (QED) is 0.685. The molecule has 0 amide bonds. The Hall–Kier alpha value is -1.36. The molecule has 2 aromatic rings. The number of nitrogens with zero attached hydrogens (tertiary/aromatic N) is 1. The minimum absolute atomic E-state index is 0.0949. The molecule has 0 saturated heterocycles. The Kier molecular flexibility index (Phi) is 1.81. The van der Waals surface area contributed by atoms with Gasteiger partial charge >= 0.3 is 0 Å². The molecular formula is C8H5BrN2O2. The molecule has 1 heterocycles. The number of aromatic hydroxyl groups is 1. The Bertz CT molecular complexity index is 516. The van der Waals surface area contributed by atoms with Crippen molar-refractivity contribution in [3.63, 3.8) is 0 Å². The van der Waals surface area contributed by atoms with Crippen molar-refractivity contribution < 1.29 is 5.11 Å². The summed E-state index contributed by atoms with van der Waals surface area (Å²) in [4.78, 5) is 17.8. The Labute approximate surface area is 81.4 Å². The normalized spacial score (nSPS) is 10.5. The molecule has 0 aliphatic carbocycles. The molecule has 1 aromatic carbocycles. The Balaban J connectivity index is 2.95. The van der Waals surface area contributed by atoms with Crippen molar-refractivity contribution in [2.45, 2.75) is 0 Å². The van der Waals surface area contributed by atoms with Crippen molar-refractivity contribution in [2.75, 3.05) is 0 Å². The Morgan fingerprint density at radius 2 is 2.23 bits per heavy atom. The van der Waals surface area contributed by atoms with E-state index in [1.807, 2.05) is 0 Å². The van der Waals surface area contributed by atoms with Gasteiger partial charge in [-0.15, -0.1) is 0 Å². The first-order chi connectivity index (χ1) is 6.16. The van der Waals surface area contributed by atoms with E-state index in [0.717, 1.165) is 0 Å². The van der Waals surface area contributed by atoms with Gasteiger partial charge in [-0.1, -0.05) is 0 Å². The van der Waals surface area contributed by atoms with Crippen LogP contribution in [0.5, 0.6) is 5.75 Å². The average molecular weight is 241 g/mol. The van der Waals surface area contributed by atoms with Gasteiger partial charge in [-0.25, -0.2) is 4.98 Å². The minimum Gasteiger partial charge on any atom is -0.508 e. The number of fused-ring (bicyclic) bond motifs is 1. The molecule has 0 bridgehead atoms. The number of phenolic OH excluding ortho intramolecular Hbond substituents is 1. The lowest BCUT2D eigenvalue weighted by Gasteiger charge is -1.97. The smallest absolute Gasteiger partial charge is 0.259 e. The number of aromatic amines is 1. The number of benzene rings is 1. The van der Waals surface area contributed by atoms with E-state index in [2.05, 4.69) is 25.9 Å². The molecule has 0 aliphatic heterocycles. The van der Waals surface area contributed by atoms with Crippen molar-refractivity contribution in [3.05, 3.63) is 33.3 Å². The van der Waals surface area contributed by atoms with Crippen molar-refractivity contribution in [1.82, 2.24) is 9.97 Å². The largest absolute Gasteiger partial charge is 0.508 e. The van der Waals surface area contributed by atoms with Crippen molar-refractivity contribution in [1.29, 1.82) is 0 Å². The fourth-order valence-corrected chi connectivity index (χ4v) is 1.47. The molecule has 5 heteroatoms. The lowest BCUT2D eigenvalue weighted by Crippen LogP contribution is -2.07. The maximum absolute atomic E-state index is 11.3. The fraction of sp³-hybridized carbons (Fsp3) is 0. The molecule has 0 fully saturated rings. The number of rotatable bonds is 0. The van der Waals surface area contributed by atoms with Gasteiger partial charge in [0, 0.05) is 6.07 Å². The molecule has 0 unspecified atom stereocenters. The molecule has 0 saturated carbocycles. The maximum atomic E-state index is 11.3. The third-order valence-electron chi connectivity index (χ3n) is 1.66. The van der Waals surface area contributed by atoms with Gasteiger partial charge in [0.05, 0.1) is 10.9 Å². The Morgan fingerprint density at radius 1 is 1.46 bits per heavy atom. The molecule has 1 aromatic heterocycles. The summed E-state index contributed by atoms with van der Waals surface area (Å²) in [6, 6.07) is 4.42. The highest BCUT2D eigenvalue weighted by molar-refractivity contribution is 9.10. The third-order valence-corrected chi connectivity index (χ3v) is 2.04. The van der Waals surface area contributed by atoms with Gasteiger partial charge in [-0.05, 0) is 28.1 Å². The first kappa shape index (κ1) is 8.25. The summed E-state index contributed by atoms with van der Waals surface area (Å²) >= 11 is 3.06. The first-order valence-electron chi connectivity index (χ1n) is 3.55. The minimum atomic E-state index is -0.225. The molecule has 0 atom stereocenters. The second-order valence-corrected chi connectivity index (χ2v) is 3.31. The SMILES string of the molecule is O=c1[nH]c(Br)nc2cc(O)ccc12. The van der Waals surface area contributed by atoms with E-state index in [1.54, 1.807) is 0 Å². The predicted octanol–water partition coefficient (Wildman–Crippen LogP) is 1.39. The lowest BCUT2D eigenvalue weighted by molar-refractivity contribution is 0.476. The number of halogens is 1. The molecule has 66 valence electrons. The zero-order valence-corrected chi connectivity index (χ0v) is 8.00. The number of hydrogen-bond acceptors (Lipinski definition) is 3. The van der Waals surface area contributed by atoms with E-state index in [1.165, 1.54) is 18.2 Å². The van der Waals surface area contributed by atoms with Crippen LogP contribution in [-0.2, 0) is 0 Å². The van der Waals surface area contributed by atoms with Crippen LogP contribution in [0.15, 0.2) is 27.7 Å². The van der Waals surface area contributed by atoms with Gasteiger partial charge < -0.3 is 10.1 Å². The van der Waals surface area contributed by atoms with Gasteiger partial charge in [0.2, 0.25) is 0 Å². The molecule has 2 N–H and O–H groups in total. The summed E-state index contributed by atoms with van der Waals surface area (Å²) in [5.74, 6) is 0.0949. The van der Waals surface area contributed by atoms with Crippen LogP contribution in [0.3, 0.4) is 0 Å². The summed E-state index contributed by atoms with van der Waals surface area (Å²) in [5.41, 5.74) is 0.243. The zero-order chi connectivity index (χ0) is 9.42. The number of aromatic nitrogens is 2. The molecule has 13 heavy (non-hydrogen) atoms. The van der Waals surface area contributed by atoms with Crippen LogP contribution in [0.4, 0.5) is 0 Å². The van der Waals surface area contributed by atoms with E-state index in [9.17, 15) is 4.79 Å². The summed E-state index contributed by atoms with van der Waals surface area (Å²) in [5, 5.41) is 9.60. The van der Waals surface area contributed by atoms with Gasteiger partial charge in [-0.2, -0.15) is 0 Å². The summed E-state index contributed by atoms with van der Waals surface area (Å²) < 4.78 is 0.357. The Morgan fingerprint density at radius 3 is 3.00 bits per heavy atom. The van der Waals surface area contributed by atoms with Gasteiger partial charge in [0.1, 0.15) is 5.75 Å². The van der Waals surface area contributed by atoms with E-state index in [-0.39, 0.29) is 11.3 Å². The highest BCUT2D eigenvalue weighted by Crippen LogP contribution is 2.15. The molecule has 2 rings (SSSR count). The first-order valence-corrected chi connectivity index (χ1v) is 4.34. The zero-order valence-electron chi connectivity index (χ0n) is 6.41. The standard InChI is InChI=1S/C8H5BrN2O2/c9-8-10-6-3-4(12)1-2-5(6)7(13)11-8/h1-3,12H,(H,10,11,13). The summed E-state index contributed by atoms with van der Waals surface area (Å²) in [7, 11) is 0. The average Bonchev–Trinajstić information content (AvgIpc) is 2.02. The second kappa shape index (κ2) is 2.85. The van der Waals surface area contributed by atoms with E-state index in [0.29, 0.717) is 15.6 Å². The molecule has 0 aliphatic rings. The molecule has 4 nitrogen and oxygen atoms in total. The number of H-pyrrole nitrogens is 1. The third kappa shape index (κ3) is 1.42. The van der Waals surface area contributed by atoms with Crippen LogP contribution >= 0.6 is 15.9 Å². The predicted molar refractivity (Wildman–Crippen MR) is 51.7 cm³/mol. The van der Waals surface area contributed by atoms with Crippen LogP contribution in [0, 0.1) is 0 Å². The number of phenols is 1. The highest BCUT2D eigenvalue weighted by Gasteiger charge is 2.01. The van der Waals surface area contributed by atoms with Crippen LogP contribution < -0.4 is 5.56 Å². The fourth-order valence-electron chi connectivity index (χ4n) is 1.10. The summed E-state index contributed by atoms with van der Waals surface area (Å²) in [6.45, 7) is 0. The van der Waals surface area contributed by atoms with E-state index in [4.69, 9.17) is 5.11 Å². The van der Waals surface area contributed by atoms with Crippen LogP contribution in [0.25, 0.3) is 10.9 Å². The van der Waals surface area contributed by atoms with Gasteiger partial charge in [-0.3, -0.25) is 4.79 Å². The van der Waals surface area contributed by atoms with Gasteiger partial charge in [0.25, 0.3) is 5.56 Å². The summed E-state index contributed by atoms with van der Waals surface area (Å²) in [6.07, 6.45) is 0. The maximum Gasteiger partial charge on any atom is 0.259 e. The van der Waals surface area contributed by atoms with Crippen molar-refractivity contribution >= 4 is 26.8 Å². The molecular weight excluding hydrogens is 236 g/mol. The van der Waals surface area contributed by atoms with Crippen LogP contribution in [0.1, 0.15) is 0 Å². The topological polar surface area (TPSA) is 66.0 Å². The molecule has 0 spiro atoms. The second-order valence-electron chi connectivity index (χ2n) is 2.56. The van der Waals surface area contributed by atoms with Crippen LogP contribution in [0.2, 0.25) is 0 Å². The van der Waals surface area contributed by atoms with Crippen molar-refractivity contribution in [3.8, 4) is 5.75 Å². The highest BCUT2D eigenvalue weighted by atomic mass is 79.9. The van der Waals surface area contributed by atoms with Crippen molar-refractivity contribution in [2.24, 2.45) is 0 Å². The van der Waals surface area contributed by atoms with E-state index >= 15 is 0 Å². The van der Waals surface area contributed by atoms with Crippen LogP contribution in [-0.4, -0.2) is 15.1 Å².